The van der Waals surface area contributed by atoms with Gasteiger partial charge in [-0.05, 0) is 36.4 Å². The molecule has 0 aromatic heterocycles. The number of para-hydroxylation sites is 1. The minimum absolute atomic E-state index is 0.0920. The number of hydrogen-bond donors (Lipinski definition) is 1. The van der Waals surface area contributed by atoms with Gasteiger partial charge >= 0.3 is 0 Å². The van der Waals surface area contributed by atoms with Crippen molar-refractivity contribution in [2.75, 3.05) is 50.1 Å². The minimum atomic E-state index is -0.0920. The average Bonchev–Trinajstić information content (AvgIpc) is 2.69. The summed E-state index contributed by atoms with van der Waals surface area (Å²) in [5, 5.41) is 11.9. The smallest absolute Gasteiger partial charge is 0.238 e. The summed E-state index contributed by atoms with van der Waals surface area (Å²) in [5.41, 5.74) is 2.21. The Balaban J connectivity index is 1.50. The van der Waals surface area contributed by atoms with E-state index in [-0.39, 0.29) is 5.91 Å². The van der Waals surface area contributed by atoms with Crippen LogP contribution in [-0.4, -0.2) is 50.6 Å². The number of carbonyl (C=O) groups is 1. The van der Waals surface area contributed by atoms with E-state index in [0.717, 1.165) is 37.6 Å². The lowest BCUT2D eigenvalue weighted by Crippen LogP contribution is -2.48. The van der Waals surface area contributed by atoms with Crippen molar-refractivity contribution in [2.24, 2.45) is 0 Å². The molecule has 1 fully saturated rings. The molecule has 0 bridgehead atoms. The zero-order chi connectivity index (χ0) is 18.4. The molecule has 0 aliphatic carbocycles. The van der Waals surface area contributed by atoms with Crippen LogP contribution in [0.4, 0.5) is 11.4 Å². The van der Waals surface area contributed by atoms with Crippen molar-refractivity contribution in [3.8, 4) is 11.8 Å². The number of anilines is 2. The molecule has 0 spiro atoms. The zero-order valence-electron chi connectivity index (χ0n) is 14.8. The van der Waals surface area contributed by atoms with Gasteiger partial charge in [0, 0.05) is 31.9 Å². The zero-order valence-corrected chi connectivity index (χ0v) is 14.8. The molecule has 0 saturated carbocycles. The summed E-state index contributed by atoms with van der Waals surface area (Å²) in [4.78, 5) is 16.7. The highest BCUT2D eigenvalue weighted by molar-refractivity contribution is 5.93. The van der Waals surface area contributed by atoms with Gasteiger partial charge in [0.25, 0.3) is 0 Å². The molecule has 1 aliphatic heterocycles. The molecule has 6 nitrogen and oxygen atoms in total. The minimum Gasteiger partial charge on any atom is -0.497 e. The SMILES string of the molecule is COc1ccc(N2CCN(CC(=O)Nc3ccccc3C#N)CC2)cc1. The fourth-order valence-corrected chi connectivity index (χ4v) is 3.04. The highest BCUT2D eigenvalue weighted by Crippen LogP contribution is 2.20. The summed E-state index contributed by atoms with van der Waals surface area (Å²) < 4.78 is 5.19. The van der Waals surface area contributed by atoms with E-state index in [9.17, 15) is 4.79 Å². The van der Waals surface area contributed by atoms with Crippen LogP contribution in [-0.2, 0) is 4.79 Å². The molecule has 3 rings (SSSR count). The first kappa shape index (κ1) is 17.8. The summed E-state index contributed by atoms with van der Waals surface area (Å²) in [6.07, 6.45) is 0. The van der Waals surface area contributed by atoms with Crippen LogP contribution in [0.2, 0.25) is 0 Å². The van der Waals surface area contributed by atoms with Crippen molar-refractivity contribution in [3.63, 3.8) is 0 Å². The molecule has 0 radical (unpaired) electrons. The summed E-state index contributed by atoms with van der Waals surface area (Å²) in [5.74, 6) is 0.757. The molecular weight excluding hydrogens is 328 g/mol. The number of benzene rings is 2. The Morgan fingerprint density at radius 1 is 1.12 bits per heavy atom. The van der Waals surface area contributed by atoms with Gasteiger partial charge in [-0.15, -0.1) is 0 Å². The number of nitrogens with one attached hydrogen (secondary N) is 1. The highest BCUT2D eigenvalue weighted by Gasteiger charge is 2.19. The van der Waals surface area contributed by atoms with Crippen molar-refractivity contribution in [1.82, 2.24) is 4.90 Å². The molecule has 1 aliphatic rings. The van der Waals surface area contributed by atoms with Crippen LogP contribution >= 0.6 is 0 Å². The van der Waals surface area contributed by atoms with Crippen LogP contribution in [0.25, 0.3) is 0 Å². The van der Waals surface area contributed by atoms with E-state index in [1.165, 1.54) is 0 Å². The fraction of sp³-hybridized carbons (Fsp3) is 0.300. The van der Waals surface area contributed by atoms with Crippen molar-refractivity contribution in [1.29, 1.82) is 5.26 Å². The van der Waals surface area contributed by atoms with Crippen molar-refractivity contribution in [2.45, 2.75) is 0 Å². The standard InChI is InChI=1S/C20H22N4O2/c1-26-18-8-6-17(7-9-18)24-12-10-23(11-13-24)15-20(25)22-19-5-3-2-4-16(19)14-21/h2-9H,10-13,15H2,1H3,(H,22,25). The number of nitrogens with zero attached hydrogens (tertiary/aromatic N) is 3. The lowest BCUT2D eigenvalue weighted by atomic mass is 10.2. The monoisotopic (exact) mass is 350 g/mol. The average molecular weight is 350 g/mol. The van der Waals surface area contributed by atoms with Gasteiger partial charge in [-0.1, -0.05) is 12.1 Å². The number of amides is 1. The second-order valence-electron chi connectivity index (χ2n) is 6.17. The molecular formula is C20H22N4O2. The fourth-order valence-electron chi connectivity index (χ4n) is 3.04. The van der Waals surface area contributed by atoms with Gasteiger partial charge in [-0.2, -0.15) is 5.26 Å². The third-order valence-electron chi connectivity index (χ3n) is 4.50. The molecule has 2 aromatic carbocycles. The van der Waals surface area contributed by atoms with Gasteiger partial charge in [-0.25, -0.2) is 0 Å². The predicted octanol–water partition coefficient (Wildman–Crippen LogP) is 2.33. The van der Waals surface area contributed by atoms with Crippen LogP contribution in [0.5, 0.6) is 5.75 Å². The van der Waals surface area contributed by atoms with Crippen molar-refractivity contribution >= 4 is 17.3 Å². The molecule has 0 unspecified atom stereocenters. The van der Waals surface area contributed by atoms with E-state index in [4.69, 9.17) is 10.00 Å². The van der Waals surface area contributed by atoms with Gasteiger partial charge < -0.3 is 15.0 Å². The second kappa shape index (κ2) is 8.37. The van der Waals surface area contributed by atoms with E-state index >= 15 is 0 Å². The van der Waals surface area contributed by atoms with Crippen molar-refractivity contribution < 1.29 is 9.53 Å². The molecule has 26 heavy (non-hydrogen) atoms. The first-order valence-electron chi connectivity index (χ1n) is 8.60. The van der Waals surface area contributed by atoms with E-state index in [1.807, 2.05) is 18.2 Å². The molecule has 1 amide bonds. The summed E-state index contributed by atoms with van der Waals surface area (Å²) in [6.45, 7) is 3.71. The lowest BCUT2D eigenvalue weighted by molar-refractivity contribution is -0.117. The quantitative estimate of drug-likeness (QED) is 0.896. The summed E-state index contributed by atoms with van der Waals surface area (Å²) >= 11 is 0. The number of rotatable bonds is 5. The van der Waals surface area contributed by atoms with E-state index in [1.54, 1.807) is 25.3 Å². The topological polar surface area (TPSA) is 68.6 Å². The Bertz CT molecular complexity index is 790. The molecule has 1 saturated heterocycles. The van der Waals surface area contributed by atoms with Gasteiger partial charge in [0.1, 0.15) is 11.8 Å². The Labute approximate surface area is 153 Å². The normalized spacial score (nSPS) is 14.5. The lowest BCUT2D eigenvalue weighted by Gasteiger charge is -2.35. The third kappa shape index (κ3) is 4.32. The van der Waals surface area contributed by atoms with Gasteiger partial charge in [0.15, 0.2) is 0 Å². The molecule has 134 valence electrons. The second-order valence-corrected chi connectivity index (χ2v) is 6.17. The van der Waals surface area contributed by atoms with Crippen LogP contribution in [0.3, 0.4) is 0 Å². The number of ether oxygens (including phenoxy) is 1. The Kier molecular flexibility index (Phi) is 5.72. The van der Waals surface area contributed by atoms with Crippen LogP contribution in [0.15, 0.2) is 48.5 Å². The third-order valence-corrected chi connectivity index (χ3v) is 4.50. The highest BCUT2D eigenvalue weighted by atomic mass is 16.5. The first-order chi connectivity index (χ1) is 12.7. The number of hydrogen-bond acceptors (Lipinski definition) is 5. The molecule has 1 N–H and O–H groups in total. The number of nitriles is 1. The maximum atomic E-state index is 12.3. The van der Waals surface area contributed by atoms with Crippen LogP contribution < -0.4 is 15.0 Å². The van der Waals surface area contributed by atoms with E-state index < -0.39 is 0 Å². The van der Waals surface area contributed by atoms with Gasteiger partial charge in [0.2, 0.25) is 5.91 Å². The Morgan fingerprint density at radius 3 is 2.46 bits per heavy atom. The number of methoxy groups -OCH3 is 1. The van der Waals surface area contributed by atoms with Crippen LogP contribution in [0.1, 0.15) is 5.56 Å². The predicted molar refractivity (Wildman–Crippen MR) is 101 cm³/mol. The number of piperazine rings is 1. The van der Waals surface area contributed by atoms with E-state index in [2.05, 4.69) is 33.3 Å². The summed E-state index contributed by atoms with van der Waals surface area (Å²) in [6, 6.07) is 17.2. The molecule has 0 atom stereocenters. The van der Waals surface area contributed by atoms with Crippen molar-refractivity contribution in [3.05, 3.63) is 54.1 Å². The van der Waals surface area contributed by atoms with Crippen LogP contribution in [0, 0.1) is 11.3 Å². The van der Waals surface area contributed by atoms with E-state index in [0.29, 0.717) is 17.8 Å². The summed E-state index contributed by atoms with van der Waals surface area (Å²) in [7, 11) is 1.66. The van der Waals surface area contributed by atoms with Gasteiger partial charge in [-0.3, -0.25) is 9.69 Å². The molecule has 6 heteroatoms. The first-order valence-corrected chi connectivity index (χ1v) is 8.60. The molecule has 1 heterocycles. The van der Waals surface area contributed by atoms with Gasteiger partial charge in [0.05, 0.1) is 24.9 Å². The maximum absolute atomic E-state index is 12.3. The molecule has 2 aromatic rings. The maximum Gasteiger partial charge on any atom is 0.238 e. The Morgan fingerprint density at radius 2 is 1.81 bits per heavy atom. The largest absolute Gasteiger partial charge is 0.497 e. The number of carbonyl (C=O) groups excluding carboxylic acids is 1. The Hall–Kier alpha value is -3.04.